The van der Waals surface area contributed by atoms with Crippen LogP contribution < -0.4 is 10.1 Å². The van der Waals surface area contributed by atoms with Gasteiger partial charge in [-0.15, -0.1) is 0 Å². The first-order valence-corrected chi connectivity index (χ1v) is 8.87. The van der Waals surface area contributed by atoms with Crippen LogP contribution in [-0.2, 0) is 0 Å². The number of benzene rings is 1. The van der Waals surface area contributed by atoms with E-state index in [1.165, 1.54) is 24.4 Å². The van der Waals surface area contributed by atoms with Crippen molar-refractivity contribution in [2.24, 2.45) is 5.92 Å². The van der Waals surface area contributed by atoms with Gasteiger partial charge in [0.2, 0.25) is 0 Å². The number of aromatic nitrogens is 1. The van der Waals surface area contributed by atoms with Gasteiger partial charge in [0.25, 0.3) is 5.91 Å². The minimum absolute atomic E-state index is 0.0165. The van der Waals surface area contributed by atoms with E-state index in [9.17, 15) is 4.79 Å². The van der Waals surface area contributed by atoms with Gasteiger partial charge in [0.1, 0.15) is 10.6 Å². The second-order valence-corrected chi connectivity index (χ2v) is 7.41. The summed E-state index contributed by atoms with van der Waals surface area (Å²) >= 11 is 1.27. The van der Waals surface area contributed by atoms with Gasteiger partial charge in [-0.25, -0.2) is 0 Å². The Morgan fingerprint density at radius 3 is 3.00 bits per heavy atom. The van der Waals surface area contributed by atoms with E-state index in [1.54, 1.807) is 7.11 Å². The summed E-state index contributed by atoms with van der Waals surface area (Å²) < 4.78 is 9.61. The summed E-state index contributed by atoms with van der Waals surface area (Å²) in [5.74, 6) is 1.36. The monoisotopic (exact) mass is 331 g/mol. The third-order valence-corrected chi connectivity index (χ3v) is 6.19. The molecule has 2 aliphatic heterocycles. The zero-order valence-corrected chi connectivity index (χ0v) is 14.2. The minimum atomic E-state index is 0.0165. The Hall–Kier alpha value is -1.66. The Labute approximate surface area is 139 Å². The molecule has 0 radical (unpaired) electrons. The highest BCUT2D eigenvalue weighted by Crippen LogP contribution is 2.35. The molecule has 1 N–H and O–H groups in total. The summed E-state index contributed by atoms with van der Waals surface area (Å²) in [4.78, 5) is 15.9. The molecule has 3 atom stereocenters. The fourth-order valence-electron chi connectivity index (χ4n) is 3.97. The highest BCUT2D eigenvalue weighted by atomic mass is 32.1. The average Bonchev–Trinajstić information content (AvgIpc) is 2.99. The Morgan fingerprint density at radius 1 is 1.43 bits per heavy atom. The van der Waals surface area contributed by atoms with Gasteiger partial charge < -0.3 is 15.0 Å². The van der Waals surface area contributed by atoms with Crippen molar-refractivity contribution in [1.82, 2.24) is 14.6 Å². The number of carbonyl (C=O) groups excluding carboxylic acids is 1. The van der Waals surface area contributed by atoms with Crippen molar-refractivity contribution in [2.75, 3.05) is 20.7 Å². The second kappa shape index (κ2) is 5.76. The lowest BCUT2D eigenvalue weighted by Crippen LogP contribution is -2.57. The third kappa shape index (κ3) is 2.60. The number of nitrogens with one attached hydrogen (secondary N) is 1. The molecular weight excluding hydrogens is 310 g/mol. The number of piperidine rings is 2. The van der Waals surface area contributed by atoms with Crippen LogP contribution in [0.3, 0.4) is 0 Å². The molecule has 122 valence electrons. The zero-order chi connectivity index (χ0) is 16.0. The van der Waals surface area contributed by atoms with Crippen LogP contribution in [0, 0.1) is 5.92 Å². The van der Waals surface area contributed by atoms with E-state index >= 15 is 0 Å². The van der Waals surface area contributed by atoms with Crippen molar-refractivity contribution in [1.29, 1.82) is 0 Å². The molecule has 1 aromatic heterocycles. The number of carbonyl (C=O) groups is 1. The van der Waals surface area contributed by atoms with Crippen LogP contribution in [0.4, 0.5) is 0 Å². The fraction of sp³-hybridized carbons (Fsp3) is 0.529. The molecule has 3 aliphatic rings. The van der Waals surface area contributed by atoms with Gasteiger partial charge in [-0.3, -0.25) is 4.79 Å². The Kier molecular flexibility index (Phi) is 3.73. The molecule has 0 spiro atoms. The van der Waals surface area contributed by atoms with Gasteiger partial charge in [0.05, 0.1) is 12.6 Å². The van der Waals surface area contributed by atoms with Crippen LogP contribution in [-0.4, -0.2) is 48.0 Å². The summed E-state index contributed by atoms with van der Waals surface area (Å²) in [6.45, 7) is 1.09. The van der Waals surface area contributed by atoms with Crippen molar-refractivity contribution in [3.05, 3.63) is 23.1 Å². The predicted molar refractivity (Wildman–Crippen MR) is 91.2 cm³/mol. The molecule has 5 rings (SSSR count). The molecule has 3 unspecified atom stereocenters. The Balaban J connectivity index is 1.54. The largest absolute Gasteiger partial charge is 0.497 e. The molecule has 5 nitrogen and oxygen atoms in total. The molecule has 1 aromatic carbocycles. The van der Waals surface area contributed by atoms with E-state index in [1.807, 2.05) is 18.2 Å². The maximum Gasteiger partial charge on any atom is 0.263 e. The average molecular weight is 331 g/mol. The van der Waals surface area contributed by atoms with Crippen molar-refractivity contribution in [3.8, 4) is 5.75 Å². The Morgan fingerprint density at radius 2 is 2.30 bits per heavy atom. The zero-order valence-electron chi connectivity index (χ0n) is 13.4. The SMILES string of the molecule is COc1ccc2c(C(=O)NC3CC4CCC3CN4C)snc2c1. The molecule has 3 heterocycles. The number of nitrogens with zero attached hydrogens (tertiary/aromatic N) is 2. The summed E-state index contributed by atoms with van der Waals surface area (Å²) in [5, 5.41) is 4.18. The number of hydrogen-bond acceptors (Lipinski definition) is 5. The topological polar surface area (TPSA) is 54.5 Å². The number of amides is 1. The van der Waals surface area contributed by atoms with Crippen LogP contribution in [0.25, 0.3) is 10.9 Å². The van der Waals surface area contributed by atoms with Crippen molar-refractivity contribution in [3.63, 3.8) is 0 Å². The summed E-state index contributed by atoms with van der Waals surface area (Å²) in [6, 6.07) is 6.60. The van der Waals surface area contributed by atoms with E-state index in [0.717, 1.165) is 29.6 Å². The first kappa shape index (κ1) is 14.9. The highest BCUT2D eigenvalue weighted by Gasteiger charge is 2.39. The molecule has 2 aromatic rings. The number of hydrogen-bond donors (Lipinski definition) is 1. The lowest BCUT2D eigenvalue weighted by atomic mass is 9.76. The molecule has 1 saturated carbocycles. The third-order valence-electron chi connectivity index (χ3n) is 5.32. The number of rotatable bonds is 3. The van der Waals surface area contributed by atoms with E-state index in [-0.39, 0.29) is 5.91 Å². The normalized spacial score (nSPS) is 27.3. The number of fused-ring (bicyclic) bond motifs is 4. The summed E-state index contributed by atoms with van der Waals surface area (Å²) in [5.41, 5.74) is 0.824. The number of methoxy groups -OCH3 is 1. The Bertz CT molecular complexity index is 745. The van der Waals surface area contributed by atoms with E-state index < -0.39 is 0 Å². The predicted octanol–water partition coefficient (Wildman–Crippen LogP) is 2.52. The second-order valence-electron chi connectivity index (χ2n) is 6.64. The molecule has 2 saturated heterocycles. The quantitative estimate of drug-likeness (QED) is 0.939. The van der Waals surface area contributed by atoms with Crippen molar-refractivity contribution >= 4 is 28.3 Å². The lowest BCUT2D eigenvalue weighted by Gasteiger charge is -2.48. The van der Waals surface area contributed by atoms with E-state index in [4.69, 9.17) is 4.74 Å². The van der Waals surface area contributed by atoms with Gasteiger partial charge in [0, 0.05) is 30.1 Å². The molecule has 2 bridgehead atoms. The summed E-state index contributed by atoms with van der Waals surface area (Å²) in [6.07, 6.45) is 3.55. The molecule has 1 aliphatic carbocycles. The van der Waals surface area contributed by atoms with Crippen LogP contribution in [0.15, 0.2) is 18.2 Å². The maximum absolute atomic E-state index is 12.7. The number of ether oxygens (including phenoxy) is 1. The van der Waals surface area contributed by atoms with Crippen LogP contribution in [0.2, 0.25) is 0 Å². The van der Waals surface area contributed by atoms with Gasteiger partial charge in [-0.2, -0.15) is 4.37 Å². The van der Waals surface area contributed by atoms with Crippen LogP contribution in [0.1, 0.15) is 28.9 Å². The van der Waals surface area contributed by atoms with Gasteiger partial charge in [-0.1, -0.05) is 0 Å². The summed E-state index contributed by atoms with van der Waals surface area (Å²) in [7, 11) is 3.83. The van der Waals surface area contributed by atoms with Gasteiger partial charge in [0.15, 0.2) is 0 Å². The fourth-order valence-corrected chi connectivity index (χ4v) is 4.73. The van der Waals surface area contributed by atoms with Gasteiger partial charge >= 0.3 is 0 Å². The van der Waals surface area contributed by atoms with Gasteiger partial charge in [-0.05, 0) is 55.9 Å². The van der Waals surface area contributed by atoms with Crippen LogP contribution in [0.5, 0.6) is 5.75 Å². The lowest BCUT2D eigenvalue weighted by molar-refractivity contribution is 0.0399. The van der Waals surface area contributed by atoms with Crippen LogP contribution >= 0.6 is 11.5 Å². The van der Waals surface area contributed by atoms with E-state index in [2.05, 4.69) is 21.6 Å². The first-order chi connectivity index (χ1) is 11.2. The molecule has 1 amide bonds. The molecular formula is C17H21N3O2S. The van der Waals surface area contributed by atoms with Crippen molar-refractivity contribution < 1.29 is 9.53 Å². The standard InChI is InChI=1S/C17H21N3O2S/c1-20-9-10-3-4-11(20)7-14(10)18-17(21)16-13-6-5-12(22-2)8-15(13)19-23-16/h5-6,8,10-11,14H,3-4,7,9H2,1-2H3,(H,18,21). The minimum Gasteiger partial charge on any atom is -0.497 e. The van der Waals surface area contributed by atoms with E-state index in [0.29, 0.717) is 22.9 Å². The first-order valence-electron chi connectivity index (χ1n) is 8.10. The maximum atomic E-state index is 12.7. The smallest absolute Gasteiger partial charge is 0.263 e. The molecule has 23 heavy (non-hydrogen) atoms. The molecule has 6 heteroatoms. The highest BCUT2D eigenvalue weighted by molar-refractivity contribution is 7.09. The molecule has 3 fully saturated rings. The van der Waals surface area contributed by atoms with Crippen molar-refractivity contribution in [2.45, 2.75) is 31.3 Å².